The van der Waals surface area contributed by atoms with E-state index in [0.717, 1.165) is 11.4 Å². The number of benzene rings is 2. The molecule has 0 spiro atoms. The van der Waals surface area contributed by atoms with E-state index in [4.69, 9.17) is 9.47 Å². The first kappa shape index (κ1) is 28.4. The Morgan fingerprint density at radius 1 is 1.05 bits per heavy atom. The number of amides is 4. The third kappa shape index (κ3) is 5.65. The second-order valence-electron chi connectivity index (χ2n) is 11.8. The lowest BCUT2D eigenvalue weighted by molar-refractivity contribution is -0.117. The van der Waals surface area contributed by atoms with E-state index in [1.807, 2.05) is 54.6 Å². The number of likely N-dealkylation sites (tertiary alicyclic amines) is 1. The first-order valence-electron chi connectivity index (χ1n) is 14.1. The molecule has 4 aliphatic rings. The van der Waals surface area contributed by atoms with Gasteiger partial charge in [0.25, 0.3) is 5.91 Å². The van der Waals surface area contributed by atoms with Crippen LogP contribution in [0.2, 0.25) is 0 Å². The highest BCUT2D eigenvalue weighted by molar-refractivity contribution is 8.04. The van der Waals surface area contributed by atoms with Crippen molar-refractivity contribution in [3.05, 3.63) is 65.2 Å². The van der Waals surface area contributed by atoms with Gasteiger partial charge in [-0.15, -0.1) is 0 Å². The Morgan fingerprint density at radius 2 is 1.76 bits per heavy atom. The number of urea groups is 1. The Hall–Kier alpha value is -3.77. The van der Waals surface area contributed by atoms with Crippen molar-refractivity contribution in [2.75, 3.05) is 24.5 Å². The van der Waals surface area contributed by atoms with E-state index in [1.165, 1.54) is 16.7 Å². The minimum Gasteiger partial charge on any atom is -0.457 e. The SMILES string of the molecule is CC(C)(C)OC(=O)N1C[C@H](NC(=O)C2=C3NC(=O)N(c4ccc(Oc5ccccc5)cc4)C4CCNC(S2)C34)[C@@H](F)C1. The first-order valence-corrected chi connectivity index (χ1v) is 15.0. The molecule has 4 amide bonds. The molecule has 3 unspecified atom stereocenters. The third-order valence-corrected chi connectivity index (χ3v) is 9.01. The lowest BCUT2D eigenvalue weighted by Gasteiger charge is -2.45. The van der Waals surface area contributed by atoms with Crippen LogP contribution in [0.15, 0.2) is 65.2 Å². The highest BCUT2D eigenvalue weighted by atomic mass is 32.2. The molecule has 3 N–H and O–H groups in total. The maximum absolute atomic E-state index is 14.9. The van der Waals surface area contributed by atoms with Gasteiger partial charge in [0.05, 0.1) is 28.9 Å². The molecule has 4 aliphatic heterocycles. The number of carbonyl (C=O) groups excluding carboxylic acids is 3. The number of hydrogen-bond donors (Lipinski definition) is 3. The van der Waals surface area contributed by atoms with Gasteiger partial charge in [0.1, 0.15) is 23.3 Å². The number of halogens is 1. The monoisotopic (exact) mass is 595 g/mol. The molecule has 6 rings (SSSR count). The van der Waals surface area contributed by atoms with Crippen LogP contribution in [0, 0.1) is 5.92 Å². The lowest BCUT2D eigenvalue weighted by atomic mass is 9.86. The van der Waals surface area contributed by atoms with Gasteiger partial charge in [0.15, 0.2) is 0 Å². The molecule has 5 atom stereocenters. The normalized spacial score (nSPS) is 27.0. The molecule has 2 aromatic rings. The fourth-order valence-corrected chi connectivity index (χ4v) is 7.23. The molecule has 10 nitrogen and oxygen atoms in total. The number of carbonyl (C=O) groups is 3. The van der Waals surface area contributed by atoms with Gasteiger partial charge in [-0.05, 0) is 70.1 Å². The summed E-state index contributed by atoms with van der Waals surface area (Å²) in [5.41, 5.74) is 0.582. The number of piperidine rings is 1. The highest BCUT2D eigenvalue weighted by Crippen LogP contribution is 2.48. The van der Waals surface area contributed by atoms with E-state index in [9.17, 15) is 18.8 Å². The zero-order valence-electron chi connectivity index (χ0n) is 23.6. The summed E-state index contributed by atoms with van der Waals surface area (Å²) in [6.45, 7) is 5.76. The van der Waals surface area contributed by atoms with Gasteiger partial charge in [-0.1, -0.05) is 30.0 Å². The van der Waals surface area contributed by atoms with Gasteiger partial charge in [-0.3, -0.25) is 9.69 Å². The van der Waals surface area contributed by atoms with Crippen LogP contribution in [0.25, 0.3) is 0 Å². The van der Waals surface area contributed by atoms with Crippen molar-refractivity contribution in [1.82, 2.24) is 20.9 Å². The smallest absolute Gasteiger partial charge is 0.410 e. The van der Waals surface area contributed by atoms with Crippen molar-refractivity contribution in [3.8, 4) is 11.5 Å². The average Bonchev–Trinajstić information content (AvgIpc) is 3.50. The molecular weight excluding hydrogens is 561 g/mol. The van der Waals surface area contributed by atoms with Gasteiger partial charge in [0, 0.05) is 23.8 Å². The zero-order valence-corrected chi connectivity index (χ0v) is 24.4. The fourth-order valence-electron chi connectivity index (χ4n) is 5.83. The summed E-state index contributed by atoms with van der Waals surface area (Å²) < 4.78 is 26.2. The second-order valence-corrected chi connectivity index (χ2v) is 13.0. The summed E-state index contributed by atoms with van der Waals surface area (Å²) in [6.07, 6.45) is -1.34. The van der Waals surface area contributed by atoms with Crippen LogP contribution in [0.1, 0.15) is 27.2 Å². The lowest BCUT2D eigenvalue weighted by Crippen LogP contribution is -2.62. The maximum atomic E-state index is 14.9. The molecule has 2 aromatic carbocycles. The molecule has 0 saturated carbocycles. The van der Waals surface area contributed by atoms with Crippen LogP contribution in [0.3, 0.4) is 0 Å². The van der Waals surface area contributed by atoms with Crippen molar-refractivity contribution in [1.29, 1.82) is 0 Å². The van der Waals surface area contributed by atoms with Crippen molar-refractivity contribution in [2.45, 2.75) is 56.4 Å². The van der Waals surface area contributed by atoms with E-state index in [1.54, 1.807) is 25.7 Å². The summed E-state index contributed by atoms with van der Waals surface area (Å²) in [5, 5.41) is 9.08. The Kier molecular flexibility index (Phi) is 7.52. The van der Waals surface area contributed by atoms with Crippen molar-refractivity contribution in [2.24, 2.45) is 5.92 Å². The van der Waals surface area contributed by atoms with Gasteiger partial charge >= 0.3 is 12.1 Å². The molecule has 0 radical (unpaired) electrons. The minimum absolute atomic E-state index is 0.00690. The number of hydrogen-bond acceptors (Lipinski definition) is 7. The Bertz CT molecular complexity index is 1400. The van der Waals surface area contributed by atoms with Crippen molar-refractivity contribution >= 4 is 35.5 Å². The molecule has 222 valence electrons. The second kappa shape index (κ2) is 11.1. The summed E-state index contributed by atoms with van der Waals surface area (Å²) >= 11 is 1.35. The number of anilines is 1. The van der Waals surface area contributed by atoms with Crippen LogP contribution in [-0.2, 0) is 9.53 Å². The predicted octanol–water partition coefficient (Wildman–Crippen LogP) is 4.34. The third-order valence-electron chi connectivity index (χ3n) is 7.66. The number of rotatable bonds is 5. The van der Waals surface area contributed by atoms with Gasteiger partial charge < -0.3 is 30.3 Å². The van der Waals surface area contributed by atoms with E-state index >= 15 is 0 Å². The number of nitrogens with zero attached hydrogens (tertiary/aromatic N) is 2. The quantitative estimate of drug-likeness (QED) is 0.472. The molecule has 42 heavy (non-hydrogen) atoms. The zero-order chi connectivity index (χ0) is 29.6. The number of thioether (sulfide) groups is 1. The van der Waals surface area contributed by atoms with Gasteiger partial charge in [-0.2, -0.15) is 0 Å². The minimum atomic E-state index is -1.43. The largest absolute Gasteiger partial charge is 0.457 e. The molecular formula is C30H34FN5O5S. The molecule has 4 heterocycles. The summed E-state index contributed by atoms with van der Waals surface area (Å²) in [6, 6.07) is 15.5. The van der Waals surface area contributed by atoms with Crippen LogP contribution in [0.4, 0.5) is 19.7 Å². The van der Waals surface area contributed by atoms with E-state index in [-0.39, 0.29) is 36.5 Å². The molecule has 3 fully saturated rings. The Morgan fingerprint density at radius 3 is 2.48 bits per heavy atom. The number of nitrogens with one attached hydrogen (secondary N) is 3. The molecule has 0 bridgehead atoms. The van der Waals surface area contributed by atoms with E-state index < -0.39 is 29.8 Å². The van der Waals surface area contributed by atoms with E-state index in [0.29, 0.717) is 29.3 Å². The summed E-state index contributed by atoms with van der Waals surface area (Å²) in [4.78, 5) is 42.8. The van der Waals surface area contributed by atoms with Crippen molar-refractivity contribution in [3.63, 3.8) is 0 Å². The van der Waals surface area contributed by atoms with Crippen LogP contribution in [-0.4, -0.2) is 71.8 Å². The maximum Gasteiger partial charge on any atom is 0.410 e. The topological polar surface area (TPSA) is 112 Å². The highest BCUT2D eigenvalue weighted by Gasteiger charge is 2.52. The Labute approximate surface area is 248 Å². The number of alkyl halides is 1. The first-order chi connectivity index (χ1) is 20.1. The predicted molar refractivity (Wildman–Crippen MR) is 157 cm³/mol. The summed E-state index contributed by atoms with van der Waals surface area (Å²) in [7, 11) is 0. The molecule has 3 saturated heterocycles. The number of para-hydroxylation sites is 1. The van der Waals surface area contributed by atoms with Gasteiger partial charge in [-0.25, -0.2) is 14.0 Å². The van der Waals surface area contributed by atoms with E-state index in [2.05, 4.69) is 16.0 Å². The molecule has 0 aromatic heterocycles. The molecule has 12 heteroatoms. The molecule has 0 aliphatic carbocycles. The number of ether oxygens (including phenoxy) is 2. The average molecular weight is 596 g/mol. The fraction of sp³-hybridized carbons (Fsp3) is 0.433. The van der Waals surface area contributed by atoms with Gasteiger partial charge in [0.2, 0.25) is 0 Å². The van der Waals surface area contributed by atoms with Crippen LogP contribution >= 0.6 is 11.8 Å². The van der Waals surface area contributed by atoms with Crippen LogP contribution in [0.5, 0.6) is 11.5 Å². The standard InChI is InChI=1S/C30H34FN5O5S/c1-30(2,3)41-29(39)35-15-20(31)21(16-35)33-26(37)25-24-23-22(13-14-32-27(23)42-25)36(28(38)34-24)17-9-11-19(12-10-17)40-18-7-5-4-6-8-18/h4-12,20-23,27,32H,13-16H2,1-3H3,(H,33,37)(H,34,38)/t20-,21-,22?,23?,27?/m0/s1. The summed E-state index contributed by atoms with van der Waals surface area (Å²) in [5.74, 6) is 0.773. The Balaban J connectivity index is 1.16. The van der Waals surface area contributed by atoms with Crippen LogP contribution < -0.4 is 25.6 Å². The van der Waals surface area contributed by atoms with Crippen molar-refractivity contribution < 1.29 is 28.2 Å².